The fraction of sp³-hybridized carbons (Fsp3) is 0.273. The first kappa shape index (κ1) is 13.6. The zero-order valence-electron chi connectivity index (χ0n) is 9.61. The second kappa shape index (κ2) is 4.69. The van der Waals surface area contributed by atoms with Gasteiger partial charge in [-0.3, -0.25) is 0 Å². The summed E-state index contributed by atoms with van der Waals surface area (Å²) in [7, 11) is 0. The van der Waals surface area contributed by atoms with Crippen molar-refractivity contribution in [1.82, 2.24) is 4.98 Å². The van der Waals surface area contributed by atoms with Gasteiger partial charge in [-0.15, -0.1) is 11.3 Å². The maximum absolute atomic E-state index is 12.7. The number of aromatic carboxylic acids is 1. The molecule has 2 aromatic heterocycles. The quantitative estimate of drug-likeness (QED) is 0.936. The van der Waals surface area contributed by atoms with Crippen LogP contribution in [0.2, 0.25) is 0 Å². The Morgan fingerprint density at radius 1 is 1.53 bits per heavy atom. The molecule has 0 fully saturated rings. The van der Waals surface area contributed by atoms with E-state index < -0.39 is 23.6 Å². The number of carboxylic acids is 1. The van der Waals surface area contributed by atoms with Gasteiger partial charge < -0.3 is 9.52 Å². The number of carbonyl (C=O) groups is 1. The lowest BCUT2D eigenvalue weighted by Gasteiger charge is -2.00. The highest BCUT2D eigenvalue weighted by atomic mass is 32.1. The monoisotopic (exact) mass is 291 g/mol. The molecule has 0 amide bonds. The van der Waals surface area contributed by atoms with Crippen molar-refractivity contribution < 1.29 is 27.5 Å². The molecule has 0 aliphatic carbocycles. The number of nitrogens with zero attached hydrogens (tertiary/aromatic N) is 1. The summed E-state index contributed by atoms with van der Waals surface area (Å²) in [5, 5.41) is 10.4. The van der Waals surface area contributed by atoms with Crippen molar-refractivity contribution in [2.24, 2.45) is 0 Å². The first-order chi connectivity index (χ1) is 8.84. The summed E-state index contributed by atoms with van der Waals surface area (Å²) in [4.78, 5) is 14.5. The Morgan fingerprint density at radius 2 is 2.21 bits per heavy atom. The molecule has 0 radical (unpaired) electrons. The van der Waals surface area contributed by atoms with E-state index in [0.29, 0.717) is 11.3 Å². The van der Waals surface area contributed by atoms with Crippen molar-refractivity contribution in [3.05, 3.63) is 28.5 Å². The number of halogens is 3. The van der Waals surface area contributed by atoms with Crippen molar-refractivity contribution in [2.45, 2.75) is 19.5 Å². The van der Waals surface area contributed by atoms with E-state index in [1.54, 1.807) is 11.4 Å². The molecule has 0 aliphatic heterocycles. The molecular weight excluding hydrogens is 283 g/mol. The highest BCUT2D eigenvalue weighted by Crippen LogP contribution is 2.36. The van der Waals surface area contributed by atoms with E-state index in [1.807, 2.05) is 6.92 Å². The first-order valence-electron chi connectivity index (χ1n) is 5.22. The predicted molar refractivity (Wildman–Crippen MR) is 61.2 cm³/mol. The third kappa shape index (κ3) is 2.48. The van der Waals surface area contributed by atoms with E-state index in [2.05, 4.69) is 4.98 Å². The van der Waals surface area contributed by atoms with Gasteiger partial charge >= 0.3 is 12.1 Å². The van der Waals surface area contributed by atoms with Crippen LogP contribution in [0.15, 0.2) is 15.9 Å². The lowest BCUT2D eigenvalue weighted by Crippen LogP contribution is -2.11. The number of hydrogen-bond donors (Lipinski definition) is 1. The van der Waals surface area contributed by atoms with E-state index in [9.17, 15) is 18.0 Å². The Bertz CT molecular complexity index is 615. The molecule has 2 heterocycles. The summed E-state index contributed by atoms with van der Waals surface area (Å²) in [5.74, 6) is -3.28. The van der Waals surface area contributed by atoms with Gasteiger partial charge in [-0.25, -0.2) is 9.78 Å². The molecule has 0 spiro atoms. The molecule has 4 nitrogen and oxygen atoms in total. The topological polar surface area (TPSA) is 63.3 Å². The minimum absolute atomic E-state index is 0.309. The summed E-state index contributed by atoms with van der Waals surface area (Å²) < 4.78 is 42.8. The van der Waals surface area contributed by atoms with Crippen LogP contribution >= 0.6 is 11.3 Å². The second-order valence-corrected chi connectivity index (χ2v) is 4.54. The van der Waals surface area contributed by atoms with Gasteiger partial charge in [0.15, 0.2) is 5.69 Å². The lowest BCUT2D eigenvalue weighted by molar-refractivity contribution is -0.141. The van der Waals surface area contributed by atoms with E-state index in [-0.39, 0.29) is 5.89 Å². The van der Waals surface area contributed by atoms with Crippen molar-refractivity contribution >= 4 is 17.3 Å². The normalized spacial score (nSPS) is 11.8. The number of thiophene rings is 1. The molecule has 8 heteroatoms. The third-order valence-electron chi connectivity index (χ3n) is 2.41. The molecule has 2 rings (SSSR count). The lowest BCUT2D eigenvalue weighted by atomic mass is 10.2. The number of alkyl halides is 3. The van der Waals surface area contributed by atoms with Crippen LogP contribution in [-0.2, 0) is 12.6 Å². The van der Waals surface area contributed by atoms with E-state index in [1.165, 1.54) is 0 Å². The van der Waals surface area contributed by atoms with Gasteiger partial charge in [-0.1, -0.05) is 6.92 Å². The Labute approximate surface area is 109 Å². The molecule has 0 aliphatic rings. The summed E-state index contributed by atoms with van der Waals surface area (Å²) in [6.45, 7) is 1.83. The number of oxazole rings is 1. The molecular formula is C11H8F3NO3S. The Hall–Kier alpha value is -1.83. The Kier molecular flexibility index (Phi) is 3.36. The summed E-state index contributed by atoms with van der Waals surface area (Å²) in [6, 6.07) is 1.73. The number of carboxylic acid groups (broad SMARTS) is 1. The zero-order chi connectivity index (χ0) is 14.2. The average molecular weight is 291 g/mol. The Morgan fingerprint density at radius 3 is 2.68 bits per heavy atom. The first-order valence-corrected chi connectivity index (χ1v) is 6.10. The van der Waals surface area contributed by atoms with Crippen LogP contribution < -0.4 is 0 Å². The predicted octanol–water partition coefficient (Wildman–Crippen LogP) is 3.68. The molecule has 1 N–H and O–H groups in total. The number of aryl methyl sites for hydroxylation is 1. The molecule has 0 saturated carbocycles. The second-order valence-electron chi connectivity index (χ2n) is 3.63. The maximum Gasteiger partial charge on any atom is 0.437 e. The molecule has 0 unspecified atom stereocenters. The molecule has 2 aromatic rings. The SMILES string of the molecule is CCc1ccsc1-c1nc(C(F)(F)F)c(C(=O)O)o1. The van der Waals surface area contributed by atoms with E-state index in [4.69, 9.17) is 9.52 Å². The van der Waals surface area contributed by atoms with Crippen molar-refractivity contribution in [3.8, 4) is 10.8 Å². The van der Waals surface area contributed by atoms with Crippen LogP contribution in [0.25, 0.3) is 10.8 Å². The summed E-state index contributed by atoms with van der Waals surface area (Å²) >= 11 is 1.16. The van der Waals surface area contributed by atoms with Crippen LogP contribution in [0.1, 0.15) is 28.7 Å². The maximum atomic E-state index is 12.7. The molecule has 0 atom stereocenters. The molecule has 102 valence electrons. The fourth-order valence-corrected chi connectivity index (χ4v) is 2.48. The van der Waals surface area contributed by atoms with Crippen molar-refractivity contribution in [3.63, 3.8) is 0 Å². The molecule has 19 heavy (non-hydrogen) atoms. The largest absolute Gasteiger partial charge is 0.475 e. The van der Waals surface area contributed by atoms with Crippen molar-refractivity contribution in [1.29, 1.82) is 0 Å². The number of hydrogen-bond acceptors (Lipinski definition) is 4. The zero-order valence-corrected chi connectivity index (χ0v) is 10.4. The highest BCUT2D eigenvalue weighted by Gasteiger charge is 2.41. The van der Waals surface area contributed by atoms with Gasteiger partial charge in [0.05, 0.1) is 4.88 Å². The van der Waals surface area contributed by atoms with E-state index in [0.717, 1.165) is 16.9 Å². The number of rotatable bonds is 3. The van der Waals surface area contributed by atoms with Crippen LogP contribution in [-0.4, -0.2) is 16.1 Å². The standard InChI is InChI=1S/C11H8F3NO3S/c1-2-5-3-4-19-7(5)9-15-8(11(12,13)14)6(18-9)10(16)17/h3-4H,2H2,1H3,(H,16,17). The smallest absolute Gasteiger partial charge is 0.437 e. The van der Waals surface area contributed by atoms with Crippen LogP contribution in [0.3, 0.4) is 0 Å². The number of aromatic nitrogens is 1. The van der Waals surface area contributed by atoms with E-state index >= 15 is 0 Å². The molecule has 0 aromatic carbocycles. The Balaban J connectivity index is 2.59. The van der Waals surface area contributed by atoms with Crippen LogP contribution in [0.5, 0.6) is 0 Å². The molecule has 0 saturated heterocycles. The third-order valence-corrected chi connectivity index (χ3v) is 3.36. The van der Waals surface area contributed by atoms with Gasteiger partial charge in [-0.2, -0.15) is 13.2 Å². The fourth-order valence-electron chi connectivity index (χ4n) is 1.56. The minimum Gasteiger partial charge on any atom is -0.475 e. The summed E-state index contributed by atoms with van der Waals surface area (Å²) in [5.41, 5.74) is -0.748. The van der Waals surface area contributed by atoms with Crippen molar-refractivity contribution in [2.75, 3.05) is 0 Å². The minimum atomic E-state index is -4.86. The molecule has 0 bridgehead atoms. The van der Waals surface area contributed by atoms with Gasteiger partial charge in [0.2, 0.25) is 11.7 Å². The van der Waals surface area contributed by atoms with Gasteiger partial charge in [-0.05, 0) is 23.4 Å². The highest BCUT2D eigenvalue weighted by molar-refractivity contribution is 7.13. The van der Waals surface area contributed by atoms with Crippen LogP contribution in [0, 0.1) is 0 Å². The summed E-state index contributed by atoms with van der Waals surface area (Å²) in [6.07, 6.45) is -4.27. The van der Waals surface area contributed by atoms with Gasteiger partial charge in [0, 0.05) is 0 Å². The van der Waals surface area contributed by atoms with Gasteiger partial charge in [0.1, 0.15) is 0 Å². The van der Waals surface area contributed by atoms with Gasteiger partial charge in [0.25, 0.3) is 0 Å². The average Bonchev–Trinajstić information content (AvgIpc) is 2.93. The van der Waals surface area contributed by atoms with Crippen LogP contribution in [0.4, 0.5) is 13.2 Å².